The van der Waals surface area contributed by atoms with Gasteiger partial charge in [0.05, 0.1) is 6.10 Å². The molecule has 0 aliphatic heterocycles. The van der Waals surface area contributed by atoms with Gasteiger partial charge in [-0.25, -0.2) is 0 Å². The lowest BCUT2D eigenvalue weighted by molar-refractivity contribution is -0.137. The van der Waals surface area contributed by atoms with Crippen molar-refractivity contribution in [3.8, 4) is 0 Å². The number of ketones is 1. The molecule has 4 nitrogen and oxygen atoms in total. The molecule has 0 heterocycles. The van der Waals surface area contributed by atoms with E-state index in [1.165, 1.54) is 12.0 Å². The summed E-state index contributed by atoms with van der Waals surface area (Å²) in [5, 5.41) is 20.3. The number of carbonyl (C=O) groups is 2. The first kappa shape index (κ1) is 23.5. The number of fused-ring (bicyclic) bond motifs is 5. The van der Waals surface area contributed by atoms with Gasteiger partial charge in [-0.2, -0.15) is 0 Å². The van der Waals surface area contributed by atoms with E-state index in [1.54, 1.807) is 0 Å². The standard InChI is InChI=1S/C24H36O4.C2H6/c1-14(4-7-21(27)28)17-5-6-18-22-19(9-11-24(17,18)3)23(2)10-8-16(25)12-15(23)13-20(22)26;1-2/h12,14,17-20,22,26H,4-11,13H2,1-3H3,(H,27,28);1-2H3. The number of carboxylic acids is 1. The third-order valence-corrected chi connectivity index (χ3v) is 9.56. The molecule has 170 valence electrons. The summed E-state index contributed by atoms with van der Waals surface area (Å²) in [6.45, 7) is 11.0. The van der Waals surface area contributed by atoms with Gasteiger partial charge in [-0.05, 0) is 91.4 Å². The predicted octanol–water partition coefficient (Wildman–Crippen LogP) is 5.63. The number of carbonyl (C=O) groups excluding carboxylic acids is 1. The molecule has 8 unspecified atom stereocenters. The monoisotopic (exact) mass is 418 g/mol. The van der Waals surface area contributed by atoms with Crippen molar-refractivity contribution in [2.24, 2.45) is 40.4 Å². The van der Waals surface area contributed by atoms with Crippen molar-refractivity contribution in [2.45, 2.75) is 98.5 Å². The van der Waals surface area contributed by atoms with Crippen molar-refractivity contribution >= 4 is 11.8 Å². The van der Waals surface area contributed by atoms with Gasteiger partial charge in [0.25, 0.3) is 0 Å². The second-order valence-corrected chi connectivity index (χ2v) is 10.8. The molecule has 0 spiro atoms. The number of hydrogen-bond acceptors (Lipinski definition) is 3. The van der Waals surface area contributed by atoms with Gasteiger partial charge in [0.1, 0.15) is 0 Å². The van der Waals surface area contributed by atoms with E-state index in [2.05, 4.69) is 20.8 Å². The normalized spacial score (nSPS) is 43.3. The third-order valence-electron chi connectivity index (χ3n) is 9.56. The van der Waals surface area contributed by atoms with Crippen LogP contribution in [-0.4, -0.2) is 28.1 Å². The summed E-state index contributed by atoms with van der Waals surface area (Å²) in [6, 6.07) is 0. The van der Waals surface area contributed by atoms with Crippen LogP contribution < -0.4 is 0 Å². The average molecular weight is 419 g/mol. The van der Waals surface area contributed by atoms with Crippen molar-refractivity contribution in [3.05, 3.63) is 11.6 Å². The number of aliphatic hydroxyl groups excluding tert-OH is 1. The van der Waals surface area contributed by atoms with Gasteiger partial charge in [-0.3, -0.25) is 9.59 Å². The van der Waals surface area contributed by atoms with Crippen LogP contribution in [0.3, 0.4) is 0 Å². The Labute approximate surface area is 182 Å². The second kappa shape index (κ2) is 8.76. The smallest absolute Gasteiger partial charge is 0.303 e. The zero-order valence-electron chi connectivity index (χ0n) is 19.6. The highest BCUT2D eigenvalue weighted by Gasteiger charge is 2.61. The first-order valence-corrected chi connectivity index (χ1v) is 12.3. The molecule has 30 heavy (non-hydrogen) atoms. The van der Waals surface area contributed by atoms with Crippen LogP contribution in [0.5, 0.6) is 0 Å². The van der Waals surface area contributed by atoms with Crippen LogP contribution in [0.4, 0.5) is 0 Å². The van der Waals surface area contributed by atoms with E-state index in [4.69, 9.17) is 5.11 Å². The van der Waals surface area contributed by atoms with Crippen LogP contribution in [0.15, 0.2) is 11.6 Å². The van der Waals surface area contributed by atoms with E-state index in [-0.39, 0.29) is 29.1 Å². The summed E-state index contributed by atoms with van der Waals surface area (Å²) >= 11 is 0. The maximum atomic E-state index is 12.0. The number of carboxylic acid groups (broad SMARTS) is 1. The Morgan fingerprint density at radius 1 is 1.17 bits per heavy atom. The molecule has 0 saturated heterocycles. The molecule has 2 N–H and O–H groups in total. The molecular formula is C26H42O4. The lowest BCUT2D eigenvalue weighted by atomic mass is 9.45. The van der Waals surface area contributed by atoms with Crippen LogP contribution in [-0.2, 0) is 9.59 Å². The van der Waals surface area contributed by atoms with Crippen molar-refractivity contribution < 1.29 is 19.8 Å². The zero-order valence-corrected chi connectivity index (χ0v) is 19.6. The molecule has 0 aromatic heterocycles. The summed E-state index contributed by atoms with van der Waals surface area (Å²) in [7, 11) is 0. The number of rotatable bonds is 4. The van der Waals surface area contributed by atoms with Gasteiger partial charge in [-0.1, -0.05) is 40.2 Å². The lowest BCUT2D eigenvalue weighted by Gasteiger charge is -2.59. The fraction of sp³-hybridized carbons (Fsp3) is 0.846. The van der Waals surface area contributed by atoms with Crippen LogP contribution in [0, 0.1) is 40.4 Å². The molecule has 0 bridgehead atoms. The SMILES string of the molecule is CC.CC(CCC(=O)O)C1CCC2C3C(O)CC4=CC(=O)CCC4(C)C3CCC12C. The fourth-order valence-corrected chi connectivity index (χ4v) is 8.05. The van der Waals surface area contributed by atoms with Crippen LogP contribution >= 0.6 is 0 Å². The van der Waals surface area contributed by atoms with Gasteiger partial charge in [0, 0.05) is 12.8 Å². The Morgan fingerprint density at radius 2 is 1.87 bits per heavy atom. The second-order valence-electron chi connectivity index (χ2n) is 10.8. The minimum atomic E-state index is -0.697. The molecule has 0 radical (unpaired) electrons. The van der Waals surface area contributed by atoms with E-state index >= 15 is 0 Å². The van der Waals surface area contributed by atoms with E-state index in [9.17, 15) is 14.7 Å². The Morgan fingerprint density at radius 3 is 2.53 bits per heavy atom. The number of aliphatic carboxylic acids is 1. The minimum Gasteiger partial charge on any atom is -0.481 e. The molecule has 3 saturated carbocycles. The van der Waals surface area contributed by atoms with E-state index in [0.29, 0.717) is 42.4 Å². The van der Waals surface area contributed by atoms with E-state index in [1.807, 2.05) is 19.9 Å². The third kappa shape index (κ3) is 3.78. The molecule has 4 heteroatoms. The highest BCUT2D eigenvalue weighted by atomic mass is 16.4. The van der Waals surface area contributed by atoms with Gasteiger partial charge in [0.15, 0.2) is 5.78 Å². The predicted molar refractivity (Wildman–Crippen MR) is 119 cm³/mol. The summed E-state index contributed by atoms with van der Waals surface area (Å²) < 4.78 is 0. The quantitative estimate of drug-likeness (QED) is 0.620. The Hall–Kier alpha value is -1.16. The molecule has 4 aliphatic rings. The summed E-state index contributed by atoms with van der Waals surface area (Å²) in [6.07, 6.45) is 9.39. The van der Waals surface area contributed by atoms with Crippen molar-refractivity contribution in [1.29, 1.82) is 0 Å². The van der Waals surface area contributed by atoms with E-state index < -0.39 is 5.97 Å². The highest BCUT2D eigenvalue weighted by Crippen LogP contribution is 2.67. The van der Waals surface area contributed by atoms with Crippen molar-refractivity contribution in [3.63, 3.8) is 0 Å². The molecule has 4 aliphatic carbocycles. The van der Waals surface area contributed by atoms with Crippen LogP contribution in [0.1, 0.15) is 92.4 Å². The molecule has 3 fully saturated rings. The van der Waals surface area contributed by atoms with Gasteiger partial charge < -0.3 is 10.2 Å². The molecule has 0 aromatic rings. The first-order chi connectivity index (χ1) is 14.2. The maximum Gasteiger partial charge on any atom is 0.303 e. The van der Waals surface area contributed by atoms with Gasteiger partial charge in [0.2, 0.25) is 0 Å². The largest absolute Gasteiger partial charge is 0.481 e. The maximum absolute atomic E-state index is 12.0. The number of aliphatic hydroxyl groups is 1. The average Bonchev–Trinajstić information content (AvgIpc) is 3.06. The topological polar surface area (TPSA) is 74.6 Å². The molecule has 4 rings (SSSR count). The van der Waals surface area contributed by atoms with Crippen LogP contribution in [0.25, 0.3) is 0 Å². The number of hydrogen-bond donors (Lipinski definition) is 2. The Kier molecular flexibility index (Phi) is 6.86. The summed E-state index contributed by atoms with van der Waals surface area (Å²) in [4.78, 5) is 23.0. The lowest BCUT2D eigenvalue weighted by Crippen LogP contribution is -2.55. The van der Waals surface area contributed by atoms with E-state index in [0.717, 1.165) is 32.1 Å². The van der Waals surface area contributed by atoms with Crippen molar-refractivity contribution in [2.75, 3.05) is 0 Å². The molecule has 8 atom stereocenters. The van der Waals surface area contributed by atoms with Crippen LogP contribution in [0.2, 0.25) is 0 Å². The van der Waals surface area contributed by atoms with Crippen molar-refractivity contribution in [1.82, 2.24) is 0 Å². The molecular weight excluding hydrogens is 376 g/mol. The van der Waals surface area contributed by atoms with Gasteiger partial charge in [-0.15, -0.1) is 0 Å². The minimum absolute atomic E-state index is 0.0755. The summed E-state index contributed by atoms with van der Waals surface area (Å²) in [5.74, 6) is 1.83. The fourth-order valence-electron chi connectivity index (χ4n) is 8.05. The first-order valence-electron chi connectivity index (χ1n) is 12.3. The highest BCUT2D eigenvalue weighted by molar-refractivity contribution is 5.91. The zero-order chi connectivity index (χ0) is 22.3. The van der Waals surface area contributed by atoms with Gasteiger partial charge >= 0.3 is 5.97 Å². The Bertz CT molecular complexity index is 697. The molecule has 0 aromatic carbocycles. The Balaban J connectivity index is 0.00000124. The molecule has 0 amide bonds. The summed E-state index contributed by atoms with van der Waals surface area (Å²) in [5.41, 5.74) is 1.49.